The van der Waals surface area contributed by atoms with Gasteiger partial charge in [-0.2, -0.15) is 0 Å². The van der Waals surface area contributed by atoms with Crippen LogP contribution >= 0.6 is 0 Å². The van der Waals surface area contributed by atoms with Gasteiger partial charge >= 0.3 is 0 Å². The van der Waals surface area contributed by atoms with E-state index < -0.39 is 15.9 Å². The Balaban J connectivity index is 1.82. The van der Waals surface area contributed by atoms with Gasteiger partial charge in [-0.1, -0.05) is 36.4 Å². The molecule has 0 spiro atoms. The molecule has 0 saturated carbocycles. The van der Waals surface area contributed by atoms with Crippen molar-refractivity contribution in [1.29, 1.82) is 0 Å². The zero-order valence-corrected chi connectivity index (χ0v) is 17.9. The molecule has 2 amide bonds. The molecule has 3 aromatic rings. The topological polar surface area (TPSA) is 104 Å². The molecular weight excluding hydrogens is 414 g/mol. The Morgan fingerprint density at radius 2 is 1.48 bits per heavy atom. The van der Waals surface area contributed by atoms with Gasteiger partial charge in [-0.15, -0.1) is 0 Å². The molecule has 0 heterocycles. The average molecular weight is 438 g/mol. The Hall–Kier alpha value is -3.65. The molecule has 3 N–H and O–H groups in total. The first kappa shape index (κ1) is 22.0. The lowest BCUT2D eigenvalue weighted by atomic mass is 10.1. The molecule has 0 aliphatic carbocycles. The Morgan fingerprint density at radius 1 is 0.806 bits per heavy atom. The van der Waals surface area contributed by atoms with Crippen molar-refractivity contribution in [3.8, 4) is 0 Å². The summed E-state index contributed by atoms with van der Waals surface area (Å²) in [5.41, 5.74) is 1.22. The van der Waals surface area contributed by atoms with Gasteiger partial charge in [-0.25, -0.2) is 8.42 Å². The number of carbonyl (C=O) groups excluding carboxylic acids is 2. The number of sulfonamides is 1. The SMILES string of the molecule is CC(C)NC(=O)c1ccccc1NC(=O)c1cccc(S(=O)(=O)Nc2ccccc2)c1. The van der Waals surface area contributed by atoms with E-state index in [0.717, 1.165) is 0 Å². The quantitative estimate of drug-likeness (QED) is 0.522. The molecule has 0 aromatic heterocycles. The summed E-state index contributed by atoms with van der Waals surface area (Å²) in [5.74, 6) is -0.837. The summed E-state index contributed by atoms with van der Waals surface area (Å²) in [6.07, 6.45) is 0. The molecule has 0 saturated heterocycles. The van der Waals surface area contributed by atoms with Crippen molar-refractivity contribution in [2.24, 2.45) is 0 Å². The first-order valence-corrected chi connectivity index (χ1v) is 11.1. The van der Waals surface area contributed by atoms with Crippen LogP contribution < -0.4 is 15.4 Å². The molecule has 0 aliphatic rings. The second-order valence-electron chi connectivity index (χ2n) is 7.13. The maximum atomic E-state index is 12.8. The Labute approximate surface area is 181 Å². The van der Waals surface area contributed by atoms with Crippen LogP contribution in [0.5, 0.6) is 0 Å². The van der Waals surface area contributed by atoms with Crippen molar-refractivity contribution in [3.05, 3.63) is 90.0 Å². The number of amides is 2. The lowest BCUT2D eigenvalue weighted by molar-refractivity contribution is 0.0944. The fourth-order valence-corrected chi connectivity index (χ4v) is 3.95. The van der Waals surface area contributed by atoms with E-state index in [0.29, 0.717) is 16.9 Å². The van der Waals surface area contributed by atoms with Crippen LogP contribution in [0.2, 0.25) is 0 Å². The highest BCUT2D eigenvalue weighted by atomic mass is 32.2. The minimum absolute atomic E-state index is 0.0464. The summed E-state index contributed by atoms with van der Waals surface area (Å²) in [6.45, 7) is 3.68. The predicted octanol–water partition coefficient (Wildman–Crippen LogP) is 3.88. The maximum absolute atomic E-state index is 12.8. The van der Waals surface area contributed by atoms with Gasteiger partial charge in [0.15, 0.2) is 0 Å². The number of rotatable bonds is 7. The van der Waals surface area contributed by atoms with Gasteiger partial charge in [0.05, 0.1) is 16.1 Å². The van der Waals surface area contributed by atoms with E-state index in [9.17, 15) is 18.0 Å². The van der Waals surface area contributed by atoms with E-state index in [1.54, 1.807) is 54.6 Å². The van der Waals surface area contributed by atoms with Crippen LogP contribution in [-0.4, -0.2) is 26.3 Å². The molecule has 8 heteroatoms. The molecule has 0 aliphatic heterocycles. The second-order valence-corrected chi connectivity index (χ2v) is 8.81. The number of benzene rings is 3. The van der Waals surface area contributed by atoms with E-state index in [4.69, 9.17) is 0 Å². The van der Waals surface area contributed by atoms with Gasteiger partial charge in [-0.05, 0) is 56.3 Å². The highest BCUT2D eigenvalue weighted by Gasteiger charge is 2.18. The average Bonchev–Trinajstić information content (AvgIpc) is 2.74. The number of carbonyl (C=O) groups is 2. The Bertz CT molecular complexity index is 1190. The molecule has 0 atom stereocenters. The highest BCUT2D eigenvalue weighted by molar-refractivity contribution is 7.92. The molecule has 31 heavy (non-hydrogen) atoms. The summed E-state index contributed by atoms with van der Waals surface area (Å²) >= 11 is 0. The van der Waals surface area contributed by atoms with Crippen molar-refractivity contribution < 1.29 is 18.0 Å². The van der Waals surface area contributed by atoms with Gasteiger partial charge in [0.25, 0.3) is 21.8 Å². The molecule has 0 radical (unpaired) electrons. The summed E-state index contributed by atoms with van der Waals surface area (Å²) < 4.78 is 27.9. The standard InChI is InChI=1S/C23H23N3O4S/c1-16(2)24-23(28)20-13-6-7-14-21(20)25-22(27)17-9-8-12-19(15-17)31(29,30)26-18-10-4-3-5-11-18/h3-16,26H,1-2H3,(H,24,28)(H,25,27). The Morgan fingerprint density at radius 3 is 2.19 bits per heavy atom. The number of nitrogens with one attached hydrogen (secondary N) is 3. The van der Waals surface area contributed by atoms with E-state index in [1.165, 1.54) is 24.3 Å². The minimum Gasteiger partial charge on any atom is -0.350 e. The maximum Gasteiger partial charge on any atom is 0.261 e. The number of hydrogen-bond donors (Lipinski definition) is 3. The third-order valence-electron chi connectivity index (χ3n) is 4.27. The van der Waals surface area contributed by atoms with Crippen molar-refractivity contribution in [3.63, 3.8) is 0 Å². The number of anilines is 2. The second kappa shape index (κ2) is 9.44. The fourth-order valence-electron chi connectivity index (χ4n) is 2.85. The normalized spacial score (nSPS) is 11.1. The van der Waals surface area contributed by atoms with E-state index in [1.807, 2.05) is 13.8 Å². The molecule has 3 aromatic carbocycles. The van der Waals surface area contributed by atoms with Crippen LogP contribution in [-0.2, 0) is 10.0 Å². The third kappa shape index (κ3) is 5.70. The first-order valence-electron chi connectivity index (χ1n) is 9.65. The monoisotopic (exact) mass is 437 g/mol. The van der Waals surface area contributed by atoms with Crippen LogP contribution in [0.4, 0.5) is 11.4 Å². The van der Waals surface area contributed by atoms with Gasteiger partial charge < -0.3 is 10.6 Å². The van der Waals surface area contributed by atoms with Gasteiger partial charge in [0.1, 0.15) is 0 Å². The molecule has 7 nitrogen and oxygen atoms in total. The van der Waals surface area contributed by atoms with Crippen molar-refractivity contribution >= 4 is 33.2 Å². The largest absolute Gasteiger partial charge is 0.350 e. The molecule has 3 rings (SSSR count). The van der Waals surface area contributed by atoms with Crippen LogP contribution in [0, 0.1) is 0 Å². The predicted molar refractivity (Wildman–Crippen MR) is 121 cm³/mol. The van der Waals surface area contributed by atoms with E-state index >= 15 is 0 Å². The van der Waals surface area contributed by atoms with Gasteiger partial charge in [-0.3, -0.25) is 14.3 Å². The van der Waals surface area contributed by atoms with Crippen LogP contribution in [0.15, 0.2) is 83.8 Å². The van der Waals surface area contributed by atoms with Gasteiger partial charge in [0.2, 0.25) is 0 Å². The minimum atomic E-state index is -3.87. The van der Waals surface area contributed by atoms with Crippen molar-refractivity contribution in [1.82, 2.24) is 5.32 Å². The lowest BCUT2D eigenvalue weighted by Crippen LogP contribution is -2.31. The summed E-state index contributed by atoms with van der Waals surface area (Å²) in [6, 6.07) is 20.7. The van der Waals surface area contributed by atoms with Crippen molar-refractivity contribution in [2.45, 2.75) is 24.8 Å². The molecule has 160 valence electrons. The van der Waals surface area contributed by atoms with Crippen LogP contribution in [0.1, 0.15) is 34.6 Å². The van der Waals surface area contributed by atoms with Crippen molar-refractivity contribution in [2.75, 3.05) is 10.0 Å². The van der Waals surface area contributed by atoms with E-state index in [-0.39, 0.29) is 22.4 Å². The fraction of sp³-hybridized carbons (Fsp3) is 0.130. The molecule has 0 fully saturated rings. The third-order valence-corrected chi connectivity index (χ3v) is 5.65. The lowest BCUT2D eigenvalue weighted by Gasteiger charge is -2.13. The van der Waals surface area contributed by atoms with E-state index in [2.05, 4.69) is 15.4 Å². The smallest absolute Gasteiger partial charge is 0.261 e. The summed E-state index contributed by atoms with van der Waals surface area (Å²) in [7, 11) is -3.87. The molecule has 0 bridgehead atoms. The Kier molecular flexibility index (Phi) is 6.71. The molecule has 0 unspecified atom stereocenters. The molecular formula is C23H23N3O4S. The zero-order valence-electron chi connectivity index (χ0n) is 17.1. The summed E-state index contributed by atoms with van der Waals surface area (Å²) in [5, 5.41) is 5.48. The number of hydrogen-bond acceptors (Lipinski definition) is 4. The van der Waals surface area contributed by atoms with Crippen LogP contribution in [0.3, 0.4) is 0 Å². The highest BCUT2D eigenvalue weighted by Crippen LogP contribution is 2.20. The zero-order chi connectivity index (χ0) is 22.4. The number of para-hydroxylation sites is 2. The first-order chi connectivity index (χ1) is 14.8. The summed E-state index contributed by atoms with van der Waals surface area (Å²) in [4.78, 5) is 25.1. The van der Waals surface area contributed by atoms with Crippen LogP contribution in [0.25, 0.3) is 0 Å². The van der Waals surface area contributed by atoms with Gasteiger partial charge in [0, 0.05) is 17.3 Å².